The molecule has 2 aromatic carbocycles. The third-order valence-electron chi connectivity index (χ3n) is 3.19. The van der Waals surface area contributed by atoms with Crippen molar-refractivity contribution in [3.05, 3.63) is 47.0 Å². The van der Waals surface area contributed by atoms with Crippen LogP contribution < -0.4 is 25.3 Å². The number of rotatable bonds is 8. The van der Waals surface area contributed by atoms with E-state index in [9.17, 15) is 18.4 Å². The first-order chi connectivity index (χ1) is 12.8. The van der Waals surface area contributed by atoms with Gasteiger partial charge >= 0.3 is 6.61 Å². The zero-order valence-electron chi connectivity index (χ0n) is 14.0. The van der Waals surface area contributed by atoms with Gasteiger partial charge in [0.15, 0.2) is 18.1 Å². The van der Waals surface area contributed by atoms with Crippen molar-refractivity contribution in [3.8, 4) is 17.2 Å². The smallest absolute Gasteiger partial charge is 0.387 e. The van der Waals surface area contributed by atoms with Crippen LogP contribution >= 0.6 is 11.6 Å². The predicted octanol–water partition coefficient (Wildman–Crippen LogP) is 3.07. The minimum atomic E-state index is -2.93. The Morgan fingerprint density at radius 3 is 2.44 bits per heavy atom. The molecule has 0 fully saturated rings. The van der Waals surface area contributed by atoms with Gasteiger partial charge in [-0.15, -0.1) is 0 Å². The van der Waals surface area contributed by atoms with Crippen molar-refractivity contribution in [1.82, 2.24) is 0 Å². The SMILES string of the molecule is COc1cc(C(=O)Nc2ccc(OC(F)F)cc2)cc(Cl)c1OCC(N)=O. The maximum Gasteiger partial charge on any atom is 0.387 e. The molecule has 27 heavy (non-hydrogen) atoms. The number of halogens is 3. The van der Waals surface area contributed by atoms with Crippen molar-refractivity contribution in [2.75, 3.05) is 19.0 Å². The highest BCUT2D eigenvalue weighted by Gasteiger charge is 2.17. The second kappa shape index (κ2) is 9.04. The molecule has 144 valence electrons. The van der Waals surface area contributed by atoms with Crippen molar-refractivity contribution in [2.45, 2.75) is 6.61 Å². The summed E-state index contributed by atoms with van der Waals surface area (Å²) in [6, 6.07) is 8.07. The Kier molecular flexibility index (Phi) is 6.78. The van der Waals surface area contributed by atoms with Gasteiger partial charge in [-0.2, -0.15) is 8.78 Å². The number of nitrogens with two attached hydrogens (primary N) is 1. The number of hydrogen-bond acceptors (Lipinski definition) is 5. The molecule has 0 aliphatic heterocycles. The lowest BCUT2D eigenvalue weighted by Gasteiger charge is -2.13. The lowest BCUT2D eigenvalue weighted by Crippen LogP contribution is -2.20. The van der Waals surface area contributed by atoms with Crippen LogP contribution in [0.5, 0.6) is 17.2 Å². The molecule has 0 aliphatic rings. The number of carbonyl (C=O) groups excluding carboxylic acids is 2. The summed E-state index contributed by atoms with van der Waals surface area (Å²) >= 11 is 6.09. The number of ether oxygens (including phenoxy) is 3. The molecule has 0 aromatic heterocycles. The van der Waals surface area contributed by atoms with Crippen LogP contribution in [0.2, 0.25) is 5.02 Å². The van der Waals surface area contributed by atoms with Crippen molar-refractivity contribution < 1.29 is 32.6 Å². The molecule has 0 unspecified atom stereocenters. The Morgan fingerprint density at radius 2 is 1.89 bits per heavy atom. The number of hydrogen-bond donors (Lipinski definition) is 2. The zero-order chi connectivity index (χ0) is 20.0. The average molecular weight is 401 g/mol. The molecule has 2 rings (SSSR count). The highest BCUT2D eigenvalue weighted by molar-refractivity contribution is 6.32. The summed E-state index contributed by atoms with van der Waals surface area (Å²) in [4.78, 5) is 23.2. The third kappa shape index (κ3) is 5.71. The Morgan fingerprint density at radius 1 is 1.22 bits per heavy atom. The topological polar surface area (TPSA) is 99.9 Å². The van der Waals surface area contributed by atoms with Crippen molar-refractivity contribution in [2.24, 2.45) is 5.73 Å². The van der Waals surface area contributed by atoms with Gasteiger partial charge in [0.05, 0.1) is 12.1 Å². The first-order valence-corrected chi connectivity index (χ1v) is 7.82. The summed E-state index contributed by atoms with van der Waals surface area (Å²) in [5.41, 5.74) is 5.52. The van der Waals surface area contributed by atoms with Gasteiger partial charge < -0.3 is 25.3 Å². The van der Waals surface area contributed by atoms with Crippen LogP contribution in [0.4, 0.5) is 14.5 Å². The van der Waals surface area contributed by atoms with Crippen molar-refractivity contribution >= 4 is 29.1 Å². The number of anilines is 1. The van der Waals surface area contributed by atoms with Gasteiger partial charge in [-0.05, 0) is 36.4 Å². The number of benzene rings is 2. The fourth-order valence-corrected chi connectivity index (χ4v) is 2.32. The molecule has 0 saturated carbocycles. The second-order valence-corrected chi connectivity index (χ2v) is 5.51. The van der Waals surface area contributed by atoms with Crippen LogP contribution in [0.3, 0.4) is 0 Å². The van der Waals surface area contributed by atoms with Gasteiger partial charge in [0, 0.05) is 11.3 Å². The normalized spacial score (nSPS) is 10.4. The van der Waals surface area contributed by atoms with Crippen LogP contribution in [-0.2, 0) is 4.79 Å². The molecule has 0 saturated heterocycles. The Labute approximate surface area is 158 Å². The van der Waals surface area contributed by atoms with E-state index in [0.717, 1.165) is 0 Å². The Hall–Kier alpha value is -3.07. The number of nitrogens with one attached hydrogen (secondary N) is 1. The summed E-state index contributed by atoms with van der Waals surface area (Å²) < 4.78 is 38.8. The van der Waals surface area contributed by atoms with E-state index in [-0.39, 0.29) is 27.8 Å². The van der Waals surface area contributed by atoms with E-state index in [1.54, 1.807) is 0 Å². The van der Waals surface area contributed by atoms with Crippen molar-refractivity contribution in [3.63, 3.8) is 0 Å². The quantitative estimate of drug-likeness (QED) is 0.709. The molecule has 0 heterocycles. The van der Waals surface area contributed by atoms with Crippen LogP contribution in [-0.4, -0.2) is 32.1 Å². The molecule has 0 bridgehead atoms. The van der Waals surface area contributed by atoms with Gasteiger partial charge in [0.25, 0.3) is 11.8 Å². The highest BCUT2D eigenvalue weighted by atomic mass is 35.5. The van der Waals surface area contributed by atoms with Gasteiger partial charge in [-0.1, -0.05) is 11.6 Å². The maximum atomic E-state index is 12.4. The van der Waals surface area contributed by atoms with E-state index in [1.165, 1.54) is 43.5 Å². The number of carbonyl (C=O) groups is 2. The molecule has 0 atom stereocenters. The lowest BCUT2D eigenvalue weighted by molar-refractivity contribution is -0.119. The molecule has 0 radical (unpaired) electrons. The summed E-state index contributed by atoms with van der Waals surface area (Å²) in [7, 11) is 1.34. The molecule has 2 amide bonds. The van der Waals surface area contributed by atoms with Crippen molar-refractivity contribution in [1.29, 1.82) is 0 Å². The van der Waals surface area contributed by atoms with Crippen LogP contribution in [0, 0.1) is 0 Å². The molecular formula is C17H15ClF2N2O5. The molecule has 3 N–H and O–H groups in total. The largest absolute Gasteiger partial charge is 0.493 e. The summed E-state index contributed by atoms with van der Waals surface area (Å²) in [6.07, 6.45) is 0. The number of alkyl halides is 2. The summed E-state index contributed by atoms with van der Waals surface area (Å²) in [6.45, 7) is -3.34. The van der Waals surface area contributed by atoms with Crippen LogP contribution in [0.1, 0.15) is 10.4 Å². The molecular weight excluding hydrogens is 386 g/mol. The zero-order valence-corrected chi connectivity index (χ0v) is 14.8. The van der Waals surface area contributed by atoms with E-state index < -0.39 is 25.0 Å². The van der Waals surface area contributed by atoms with Gasteiger partial charge in [-0.3, -0.25) is 9.59 Å². The number of methoxy groups -OCH3 is 1. The summed E-state index contributed by atoms with van der Waals surface area (Å²) in [5.74, 6) is -1.06. The van der Waals surface area contributed by atoms with E-state index in [0.29, 0.717) is 5.69 Å². The van der Waals surface area contributed by atoms with Crippen LogP contribution in [0.25, 0.3) is 0 Å². The Balaban J connectivity index is 2.16. The van der Waals surface area contributed by atoms with E-state index in [4.69, 9.17) is 26.8 Å². The standard InChI is InChI=1S/C17H15ClF2N2O5/c1-25-13-7-9(6-12(18)15(13)26-8-14(21)23)16(24)22-10-2-4-11(5-3-10)27-17(19)20/h2-7,17H,8H2,1H3,(H2,21,23)(H,22,24). The predicted molar refractivity (Wildman–Crippen MR) is 93.7 cm³/mol. The second-order valence-electron chi connectivity index (χ2n) is 5.10. The molecule has 2 aromatic rings. The van der Waals surface area contributed by atoms with Gasteiger partial charge in [0.1, 0.15) is 5.75 Å². The average Bonchev–Trinajstić information content (AvgIpc) is 2.61. The summed E-state index contributed by atoms with van der Waals surface area (Å²) in [5, 5.41) is 2.62. The fraction of sp³-hybridized carbons (Fsp3) is 0.176. The molecule has 0 spiro atoms. The molecule has 10 heteroatoms. The van der Waals surface area contributed by atoms with Crippen LogP contribution in [0.15, 0.2) is 36.4 Å². The fourth-order valence-electron chi connectivity index (χ4n) is 2.06. The van der Waals surface area contributed by atoms with E-state index >= 15 is 0 Å². The first-order valence-electron chi connectivity index (χ1n) is 7.45. The van der Waals surface area contributed by atoms with Gasteiger partial charge in [-0.25, -0.2) is 0 Å². The van der Waals surface area contributed by atoms with E-state index in [1.807, 2.05) is 0 Å². The monoisotopic (exact) mass is 400 g/mol. The van der Waals surface area contributed by atoms with E-state index in [2.05, 4.69) is 10.1 Å². The maximum absolute atomic E-state index is 12.4. The first kappa shape index (κ1) is 20.2. The Bertz CT molecular complexity index is 831. The van der Waals surface area contributed by atoms with Gasteiger partial charge in [0.2, 0.25) is 0 Å². The minimum absolute atomic E-state index is 0.0383. The lowest BCUT2D eigenvalue weighted by atomic mass is 10.1. The third-order valence-corrected chi connectivity index (χ3v) is 3.47. The minimum Gasteiger partial charge on any atom is -0.493 e. The number of primary amides is 1. The molecule has 7 nitrogen and oxygen atoms in total. The molecule has 0 aliphatic carbocycles. The highest BCUT2D eigenvalue weighted by Crippen LogP contribution is 2.36. The number of amides is 2.